The first-order chi connectivity index (χ1) is 14.7. The SMILES string of the molecule is CCOC(=O)C1=C(COc2ccc(F)cc2F)N(C)C(=O)N[C@H]1c1cccc(Cl)c1Cl. The van der Waals surface area contributed by atoms with Gasteiger partial charge < -0.3 is 14.8 Å². The van der Waals surface area contributed by atoms with Crippen molar-refractivity contribution in [3.8, 4) is 5.75 Å². The van der Waals surface area contributed by atoms with Crippen LogP contribution in [0.4, 0.5) is 13.6 Å². The lowest BCUT2D eigenvalue weighted by Crippen LogP contribution is -2.48. The van der Waals surface area contributed by atoms with Crippen LogP contribution in [0.15, 0.2) is 47.7 Å². The number of esters is 1. The monoisotopic (exact) mass is 470 g/mol. The topological polar surface area (TPSA) is 67.9 Å². The van der Waals surface area contributed by atoms with Gasteiger partial charge in [-0.05, 0) is 30.7 Å². The summed E-state index contributed by atoms with van der Waals surface area (Å²) in [5.74, 6) is -2.64. The molecular weight excluding hydrogens is 453 g/mol. The standard InChI is InChI=1S/C21H18Cl2F2N2O4/c1-3-30-20(28)17-15(10-31-16-8-7-11(24)9-14(16)25)27(2)21(29)26-19(17)12-5-4-6-13(22)18(12)23/h4-9,19H,3,10H2,1-2H3,(H,26,29)/t19-/m0/s1. The summed E-state index contributed by atoms with van der Waals surface area (Å²) in [6.07, 6.45) is 0. The van der Waals surface area contributed by atoms with E-state index in [2.05, 4.69) is 5.32 Å². The Hall–Kier alpha value is -2.84. The second-order valence-electron chi connectivity index (χ2n) is 6.53. The molecule has 3 rings (SSSR count). The normalized spacial score (nSPS) is 16.3. The number of rotatable bonds is 6. The molecule has 2 amide bonds. The van der Waals surface area contributed by atoms with Gasteiger partial charge in [0.25, 0.3) is 0 Å². The number of nitrogens with one attached hydrogen (secondary N) is 1. The molecule has 1 heterocycles. The first-order valence-corrected chi connectivity index (χ1v) is 9.96. The predicted molar refractivity (Wildman–Crippen MR) is 111 cm³/mol. The number of carbonyl (C=O) groups is 2. The van der Waals surface area contributed by atoms with E-state index < -0.39 is 29.7 Å². The third-order valence-corrected chi connectivity index (χ3v) is 5.46. The zero-order valence-corrected chi connectivity index (χ0v) is 18.1. The number of amides is 2. The van der Waals surface area contributed by atoms with E-state index in [0.717, 1.165) is 17.0 Å². The molecular formula is C21H18Cl2F2N2O4. The summed E-state index contributed by atoms with van der Waals surface area (Å²) in [4.78, 5) is 26.6. The number of urea groups is 1. The van der Waals surface area contributed by atoms with E-state index in [1.54, 1.807) is 25.1 Å². The van der Waals surface area contributed by atoms with Gasteiger partial charge >= 0.3 is 12.0 Å². The van der Waals surface area contributed by atoms with Crippen LogP contribution in [0, 0.1) is 11.6 Å². The molecule has 6 nitrogen and oxygen atoms in total. The number of hydrogen-bond donors (Lipinski definition) is 1. The van der Waals surface area contributed by atoms with Gasteiger partial charge in [-0.25, -0.2) is 18.4 Å². The third kappa shape index (κ3) is 4.75. The molecule has 1 aliphatic rings. The van der Waals surface area contributed by atoms with Crippen LogP contribution in [-0.4, -0.2) is 37.2 Å². The molecule has 0 bridgehead atoms. The Morgan fingerprint density at radius 1 is 1.23 bits per heavy atom. The highest BCUT2D eigenvalue weighted by Crippen LogP contribution is 2.37. The molecule has 0 unspecified atom stereocenters. The molecule has 0 fully saturated rings. The molecule has 1 N–H and O–H groups in total. The quantitative estimate of drug-likeness (QED) is 0.611. The van der Waals surface area contributed by atoms with Crippen LogP contribution in [0.3, 0.4) is 0 Å². The summed E-state index contributed by atoms with van der Waals surface area (Å²) in [5.41, 5.74) is 0.562. The van der Waals surface area contributed by atoms with Gasteiger partial charge in [0.1, 0.15) is 12.4 Å². The Labute approximate surface area is 187 Å². The first kappa shape index (κ1) is 22.8. The zero-order chi connectivity index (χ0) is 22.7. The lowest BCUT2D eigenvalue weighted by molar-refractivity contribution is -0.139. The van der Waals surface area contributed by atoms with Gasteiger partial charge in [0, 0.05) is 13.1 Å². The summed E-state index contributed by atoms with van der Waals surface area (Å²) in [7, 11) is 1.42. The molecule has 1 aliphatic heterocycles. The fourth-order valence-corrected chi connectivity index (χ4v) is 3.51. The van der Waals surface area contributed by atoms with Crippen LogP contribution in [0.5, 0.6) is 5.75 Å². The molecule has 31 heavy (non-hydrogen) atoms. The second kappa shape index (κ2) is 9.53. The molecule has 164 valence electrons. The maximum atomic E-state index is 14.0. The van der Waals surface area contributed by atoms with Crippen molar-refractivity contribution in [3.63, 3.8) is 0 Å². The average Bonchev–Trinajstić information content (AvgIpc) is 2.72. The summed E-state index contributed by atoms with van der Waals surface area (Å²) in [5, 5.41) is 3.09. The maximum absolute atomic E-state index is 14.0. The predicted octanol–water partition coefficient (Wildman–Crippen LogP) is 4.86. The van der Waals surface area contributed by atoms with Crippen molar-refractivity contribution in [2.24, 2.45) is 0 Å². The van der Waals surface area contributed by atoms with E-state index in [4.69, 9.17) is 32.7 Å². The molecule has 0 aromatic heterocycles. The number of ether oxygens (including phenoxy) is 2. The Morgan fingerprint density at radius 2 is 1.97 bits per heavy atom. The highest BCUT2D eigenvalue weighted by Gasteiger charge is 2.38. The third-order valence-electron chi connectivity index (χ3n) is 4.62. The molecule has 1 atom stereocenters. The van der Waals surface area contributed by atoms with Gasteiger partial charge in [0.15, 0.2) is 11.6 Å². The Kier molecular flexibility index (Phi) is 7.02. The highest BCUT2D eigenvalue weighted by atomic mass is 35.5. The second-order valence-corrected chi connectivity index (χ2v) is 7.31. The van der Waals surface area contributed by atoms with Crippen LogP contribution < -0.4 is 10.1 Å². The van der Waals surface area contributed by atoms with Crippen LogP contribution in [0.25, 0.3) is 0 Å². The summed E-state index contributed by atoms with van der Waals surface area (Å²) in [6.45, 7) is 1.35. The van der Waals surface area contributed by atoms with Crippen molar-refractivity contribution in [2.45, 2.75) is 13.0 Å². The summed E-state index contributed by atoms with van der Waals surface area (Å²) < 4.78 is 37.8. The van der Waals surface area contributed by atoms with Gasteiger partial charge in [0.2, 0.25) is 0 Å². The number of halogens is 4. The maximum Gasteiger partial charge on any atom is 0.338 e. The van der Waals surface area contributed by atoms with E-state index in [-0.39, 0.29) is 40.3 Å². The van der Waals surface area contributed by atoms with Crippen LogP contribution >= 0.6 is 23.2 Å². The van der Waals surface area contributed by atoms with Gasteiger partial charge in [-0.3, -0.25) is 4.90 Å². The molecule has 2 aromatic carbocycles. The molecule has 0 aliphatic carbocycles. The van der Waals surface area contributed by atoms with Crippen molar-refractivity contribution < 1.29 is 27.8 Å². The minimum atomic E-state index is -0.981. The van der Waals surface area contributed by atoms with Crippen molar-refractivity contribution in [1.29, 1.82) is 0 Å². The van der Waals surface area contributed by atoms with Crippen LogP contribution in [-0.2, 0) is 9.53 Å². The smallest absolute Gasteiger partial charge is 0.338 e. The summed E-state index contributed by atoms with van der Waals surface area (Å²) >= 11 is 12.4. The van der Waals surface area contributed by atoms with Crippen LogP contribution in [0.2, 0.25) is 10.0 Å². The lowest BCUT2D eigenvalue weighted by Gasteiger charge is -2.34. The number of carbonyl (C=O) groups excluding carboxylic acids is 2. The zero-order valence-electron chi connectivity index (χ0n) is 16.5. The van der Waals surface area contributed by atoms with Gasteiger partial charge in [-0.15, -0.1) is 0 Å². The molecule has 0 saturated heterocycles. The number of benzene rings is 2. The summed E-state index contributed by atoms with van der Waals surface area (Å²) in [6, 6.07) is 6.09. The molecule has 10 heteroatoms. The van der Waals surface area contributed by atoms with E-state index in [1.165, 1.54) is 7.05 Å². The largest absolute Gasteiger partial charge is 0.484 e. The van der Waals surface area contributed by atoms with Crippen molar-refractivity contribution in [2.75, 3.05) is 20.3 Å². The molecule has 2 aromatic rings. The van der Waals surface area contributed by atoms with Crippen molar-refractivity contribution >= 4 is 35.2 Å². The van der Waals surface area contributed by atoms with Crippen LogP contribution in [0.1, 0.15) is 18.5 Å². The lowest BCUT2D eigenvalue weighted by atomic mass is 9.94. The Morgan fingerprint density at radius 3 is 2.65 bits per heavy atom. The number of hydrogen-bond acceptors (Lipinski definition) is 4. The average molecular weight is 471 g/mol. The van der Waals surface area contributed by atoms with E-state index in [9.17, 15) is 18.4 Å². The number of nitrogens with zero attached hydrogens (tertiary/aromatic N) is 1. The van der Waals surface area contributed by atoms with Gasteiger partial charge in [0.05, 0.1) is 34.0 Å². The van der Waals surface area contributed by atoms with Gasteiger partial charge in [-0.1, -0.05) is 35.3 Å². The minimum absolute atomic E-state index is 0.0515. The Balaban J connectivity index is 2.08. The fourth-order valence-electron chi connectivity index (χ4n) is 3.10. The highest BCUT2D eigenvalue weighted by molar-refractivity contribution is 6.42. The number of likely N-dealkylation sites (N-methyl/N-ethyl adjacent to an activating group) is 1. The molecule has 0 radical (unpaired) electrons. The molecule has 0 spiro atoms. The van der Waals surface area contributed by atoms with E-state index >= 15 is 0 Å². The van der Waals surface area contributed by atoms with E-state index in [0.29, 0.717) is 11.6 Å². The minimum Gasteiger partial charge on any atom is -0.484 e. The van der Waals surface area contributed by atoms with Gasteiger partial charge in [-0.2, -0.15) is 0 Å². The van der Waals surface area contributed by atoms with Crippen molar-refractivity contribution in [1.82, 2.24) is 10.2 Å². The van der Waals surface area contributed by atoms with E-state index in [1.807, 2.05) is 0 Å². The molecule has 0 saturated carbocycles. The van der Waals surface area contributed by atoms with Crippen molar-refractivity contribution in [3.05, 3.63) is 74.9 Å². The fraction of sp³-hybridized carbons (Fsp3) is 0.238. The Bertz CT molecular complexity index is 1060. The first-order valence-electron chi connectivity index (χ1n) is 9.20.